The lowest BCUT2D eigenvalue weighted by molar-refractivity contribution is -0.132. The van der Waals surface area contributed by atoms with E-state index in [0.717, 1.165) is 0 Å². The van der Waals surface area contributed by atoms with Crippen molar-refractivity contribution in [2.45, 2.75) is 85.3 Å². The van der Waals surface area contributed by atoms with Crippen LogP contribution in [0.15, 0.2) is 0 Å². The van der Waals surface area contributed by atoms with E-state index in [0.29, 0.717) is 6.61 Å². The van der Waals surface area contributed by atoms with Crippen LogP contribution in [-0.2, 0) is 23.8 Å². The maximum Gasteiger partial charge on any atom is 0.194 e. The largest absolute Gasteiger partial charge is 0.381 e. The molecule has 0 bridgehead atoms. The highest BCUT2D eigenvalue weighted by Crippen LogP contribution is 2.28. The van der Waals surface area contributed by atoms with Gasteiger partial charge in [-0.1, -0.05) is 13.8 Å². The van der Waals surface area contributed by atoms with Crippen LogP contribution in [0.2, 0.25) is 0 Å². The molecule has 0 saturated carbocycles. The van der Waals surface area contributed by atoms with E-state index in [2.05, 4.69) is 4.74 Å². The third-order valence-electron chi connectivity index (χ3n) is 4.34. The summed E-state index contributed by atoms with van der Waals surface area (Å²) in [5.41, 5.74) is 0. The Morgan fingerprint density at radius 1 is 0.857 bits per heavy atom. The molecule has 0 aliphatic carbocycles. The van der Waals surface area contributed by atoms with E-state index in [-0.39, 0.29) is 29.8 Å². The number of epoxide rings is 1. The van der Waals surface area contributed by atoms with Crippen molar-refractivity contribution in [3.8, 4) is 0 Å². The maximum absolute atomic E-state index is 12.9. The third kappa shape index (κ3) is 12.5. The third-order valence-corrected chi connectivity index (χ3v) is 4.34. The van der Waals surface area contributed by atoms with Crippen LogP contribution in [0, 0.1) is 11.8 Å². The van der Waals surface area contributed by atoms with E-state index in [9.17, 15) is 22.8 Å². The van der Waals surface area contributed by atoms with Crippen molar-refractivity contribution in [1.29, 1.82) is 0 Å². The summed E-state index contributed by atoms with van der Waals surface area (Å²) >= 11 is 0. The topological polar surface area (TPSA) is 65.1 Å². The zero-order valence-corrected chi connectivity index (χ0v) is 18.5. The van der Waals surface area contributed by atoms with E-state index in [1.54, 1.807) is 27.9 Å². The molecule has 7 atom stereocenters. The number of carbonyl (C=O) groups excluding carboxylic acids is 2. The summed E-state index contributed by atoms with van der Waals surface area (Å²) in [4.78, 5) is 21.0. The quantitative estimate of drug-likeness (QED) is 0.535. The first-order valence-electron chi connectivity index (χ1n) is 9.48. The fraction of sp³-hybridized carbons (Fsp3) is 0.900. The number of carbonyl (C=O) groups is 2. The number of Topliss-reactive ketones (excluding diaryl/α,β-unsaturated/α-hetero) is 2. The van der Waals surface area contributed by atoms with Gasteiger partial charge in [0.15, 0.2) is 23.9 Å². The SMILES string of the molecule is CC(C)C(=O)C(C)F.COC(C)C(=O)C(C)F.COC(C)C(C(C)F)C1CO1. The molecule has 7 unspecified atom stereocenters. The molecule has 1 fully saturated rings. The summed E-state index contributed by atoms with van der Waals surface area (Å²) in [7, 11) is 2.98. The molecule has 1 aliphatic heterocycles. The van der Waals surface area contributed by atoms with Crippen molar-refractivity contribution >= 4 is 11.6 Å². The van der Waals surface area contributed by atoms with Gasteiger partial charge >= 0.3 is 0 Å². The predicted molar refractivity (Wildman–Crippen MR) is 103 cm³/mol. The zero-order valence-electron chi connectivity index (χ0n) is 18.5. The Labute approximate surface area is 167 Å². The minimum atomic E-state index is -1.42. The molecule has 0 aromatic carbocycles. The number of hydrogen-bond donors (Lipinski definition) is 0. The highest BCUT2D eigenvalue weighted by molar-refractivity contribution is 5.86. The average Bonchev–Trinajstić information content (AvgIpc) is 3.44. The molecule has 8 heteroatoms. The molecule has 0 radical (unpaired) electrons. The lowest BCUT2D eigenvalue weighted by Gasteiger charge is -2.21. The molecule has 0 amide bonds. The van der Waals surface area contributed by atoms with Gasteiger partial charge in [-0.25, -0.2) is 13.2 Å². The number of rotatable bonds is 9. The normalized spacial score (nSPS) is 21.7. The van der Waals surface area contributed by atoms with Crippen LogP contribution < -0.4 is 0 Å². The molecule has 0 N–H and O–H groups in total. The molecular weight excluding hydrogens is 377 g/mol. The summed E-state index contributed by atoms with van der Waals surface area (Å²) in [5.74, 6) is -1.09. The monoisotopic (exact) mass is 414 g/mol. The van der Waals surface area contributed by atoms with Gasteiger partial charge in [0.25, 0.3) is 0 Å². The van der Waals surface area contributed by atoms with Crippen LogP contribution >= 0.6 is 0 Å². The Morgan fingerprint density at radius 3 is 1.43 bits per heavy atom. The van der Waals surface area contributed by atoms with E-state index in [1.807, 2.05) is 6.92 Å². The molecule has 5 nitrogen and oxygen atoms in total. The number of ketones is 2. The zero-order chi connectivity index (χ0) is 22.6. The maximum atomic E-state index is 12.9. The van der Waals surface area contributed by atoms with Crippen molar-refractivity contribution in [3.05, 3.63) is 0 Å². The highest BCUT2D eigenvalue weighted by atomic mass is 19.1. The van der Waals surface area contributed by atoms with Crippen molar-refractivity contribution < 1.29 is 37.0 Å². The lowest BCUT2D eigenvalue weighted by atomic mass is 9.95. The van der Waals surface area contributed by atoms with E-state index < -0.39 is 30.4 Å². The van der Waals surface area contributed by atoms with Gasteiger partial charge in [-0.05, 0) is 34.6 Å². The fourth-order valence-electron chi connectivity index (χ4n) is 2.31. The second-order valence-electron chi connectivity index (χ2n) is 7.14. The Bertz CT molecular complexity index is 426. The summed E-state index contributed by atoms with van der Waals surface area (Å²) in [6.07, 6.45) is -4.15. The van der Waals surface area contributed by atoms with Crippen LogP contribution in [0.3, 0.4) is 0 Å². The number of hydrogen-bond acceptors (Lipinski definition) is 5. The molecule has 0 spiro atoms. The summed E-state index contributed by atoms with van der Waals surface area (Å²) in [5, 5.41) is 0. The van der Waals surface area contributed by atoms with Crippen LogP contribution in [-0.4, -0.2) is 69.2 Å². The smallest absolute Gasteiger partial charge is 0.194 e. The summed E-state index contributed by atoms with van der Waals surface area (Å²) < 4.78 is 51.7. The van der Waals surface area contributed by atoms with Crippen LogP contribution in [0.1, 0.15) is 48.5 Å². The van der Waals surface area contributed by atoms with E-state index >= 15 is 0 Å². The van der Waals surface area contributed by atoms with Gasteiger partial charge in [-0.15, -0.1) is 0 Å². The van der Waals surface area contributed by atoms with Gasteiger partial charge in [0, 0.05) is 26.1 Å². The van der Waals surface area contributed by atoms with E-state index in [4.69, 9.17) is 9.47 Å². The Hall–Kier alpha value is -0.990. The van der Waals surface area contributed by atoms with Crippen molar-refractivity contribution in [2.24, 2.45) is 11.8 Å². The number of alkyl halides is 3. The minimum Gasteiger partial charge on any atom is -0.381 e. The van der Waals surface area contributed by atoms with Gasteiger partial charge in [-0.2, -0.15) is 0 Å². The molecule has 0 aromatic rings. The van der Waals surface area contributed by atoms with Crippen molar-refractivity contribution in [2.75, 3.05) is 20.8 Å². The van der Waals surface area contributed by atoms with Crippen LogP contribution in [0.5, 0.6) is 0 Å². The summed E-state index contributed by atoms with van der Waals surface area (Å²) in [6.45, 7) is 11.5. The Balaban J connectivity index is 0. The van der Waals surface area contributed by atoms with Gasteiger partial charge < -0.3 is 14.2 Å². The molecule has 1 rings (SSSR count). The highest BCUT2D eigenvalue weighted by Gasteiger charge is 2.40. The van der Waals surface area contributed by atoms with E-state index in [1.165, 1.54) is 27.9 Å². The first-order valence-corrected chi connectivity index (χ1v) is 9.48. The van der Waals surface area contributed by atoms with Crippen molar-refractivity contribution in [3.63, 3.8) is 0 Å². The van der Waals surface area contributed by atoms with Crippen LogP contribution in [0.4, 0.5) is 13.2 Å². The molecule has 1 aliphatic rings. The average molecular weight is 415 g/mol. The van der Waals surface area contributed by atoms with Gasteiger partial charge in [0.1, 0.15) is 12.3 Å². The minimum absolute atomic E-state index is 0.0532. The second kappa shape index (κ2) is 14.9. The molecule has 0 aromatic heterocycles. The number of methoxy groups -OCH3 is 2. The van der Waals surface area contributed by atoms with Crippen molar-refractivity contribution in [1.82, 2.24) is 0 Å². The second-order valence-corrected chi connectivity index (χ2v) is 7.14. The van der Waals surface area contributed by atoms with Gasteiger partial charge in [0.2, 0.25) is 0 Å². The standard InChI is InChI=1S/C8H15FO2.C6H11FO2.C6H11FO/c1-5(9)8(6(2)10-3)7-4-11-7;1-4(7)6(8)5(2)9-3;1-4(2)6(8)5(3)7/h5-8H,4H2,1-3H3;4-5H,1-3H3;4-5H,1-3H3. The number of ether oxygens (including phenoxy) is 3. The van der Waals surface area contributed by atoms with Gasteiger partial charge in [0.05, 0.1) is 18.8 Å². The van der Waals surface area contributed by atoms with Crippen LogP contribution in [0.25, 0.3) is 0 Å². The first kappa shape index (κ1) is 29.2. The fourth-order valence-corrected chi connectivity index (χ4v) is 2.31. The molecule has 1 heterocycles. The lowest BCUT2D eigenvalue weighted by Crippen LogP contribution is -2.31. The Kier molecular flexibility index (Phi) is 15.6. The molecule has 28 heavy (non-hydrogen) atoms. The van der Waals surface area contributed by atoms with Gasteiger partial charge in [-0.3, -0.25) is 9.59 Å². The molecule has 1 saturated heterocycles. The predicted octanol–water partition coefficient (Wildman–Crippen LogP) is 3.91. The summed E-state index contributed by atoms with van der Waals surface area (Å²) in [6, 6.07) is 0. The molecular formula is C20H37F3O5. The molecule has 168 valence electrons. The first-order chi connectivity index (χ1) is 12.8. The number of halogens is 3. The Morgan fingerprint density at radius 2 is 1.29 bits per heavy atom.